The summed E-state index contributed by atoms with van der Waals surface area (Å²) in [5.74, 6) is 1.28. The van der Waals surface area contributed by atoms with Gasteiger partial charge >= 0.3 is 0 Å². The predicted octanol–water partition coefficient (Wildman–Crippen LogP) is 3.20. The summed E-state index contributed by atoms with van der Waals surface area (Å²) in [6.07, 6.45) is 0. The van der Waals surface area contributed by atoms with Crippen LogP contribution in [0.3, 0.4) is 0 Å². The van der Waals surface area contributed by atoms with Gasteiger partial charge in [0.15, 0.2) is 0 Å². The molecule has 0 fully saturated rings. The maximum absolute atomic E-state index is 12.8. The lowest BCUT2D eigenvalue weighted by Crippen LogP contribution is -2.17. The van der Waals surface area contributed by atoms with Crippen molar-refractivity contribution in [2.75, 3.05) is 5.32 Å². The van der Waals surface area contributed by atoms with Gasteiger partial charge in [-0.3, -0.25) is 9.00 Å². The van der Waals surface area contributed by atoms with Crippen LogP contribution >= 0.6 is 0 Å². The lowest BCUT2D eigenvalue weighted by atomic mass is 10.1. The average Bonchev–Trinajstić information content (AvgIpc) is 3.13. The molecule has 1 atom stereocenters. The fourth-order valence-corrected chi connectivity index (χ4v) is 4.28. The molecule has 25 heavy (non-hydrogen) atoms. The highest BCUT2D eigenvalue weighted by molar-refractivity contribution is 7.83. The molecule has 0 radical (unpaired) electrons. The molecule has 4 rings (SSSR count). The normalized spacial score (nSPS) is 15.8. The van der Waals surface area contributed by atoms with Crippen LogP contribution in [-0.4, -0.2) is 19.9 Å². The Morgan fingerprint density at radius 2 is 1.80 bits per heavy atom. The van der Waals surface area contributed by atoms with E-state index in [0.29, 0.717) is 22.9 Å². The molecule has 0 saturated heterocycles. The minimum Gasteiger partial charge on any atom is -0.306 e. The summed E-state index contributed by atoms with van der Waals surface area (Å²) in [6.45, 7) is 1.91. The molecule has 2 aromatic carbocycles. The summed E-state index contributed by atoms with van der Waals surface area (Å²) < 4.78 is 13.7. The Balaban J connectivity index is 1.77. The Labute approximate surface area is 148 Å². The summed E-state index contributed by atoms with van der Waals surface area (Å²) in [5.41, 5.74) is 4.05. The summed E-state index contributed by atoms with van der Waals surface area (Å²) >= 11 is 0. The van der Waals surface area contributed by atoms with Crippen molar-refractivity contribution in [1.82, 2.24) is 9.78 Å². The lowest BCUT2D eigenvalue weighted by Gasteiger charge is -2.12. The number of hydrogen-bond donors (Lipinski definition) is 1. The predicted molar refractivity (Wildman–Crippen MR) is 98.2 cm³/mol. The smallest absolute Gasteiger partial charge is 0.257 e. The van der Waals surface area contributed by atoms with Gasteiger partial charge in [0.2, 0.25) is 0 Å². The van der Waals surface area contributed by atoms with Crippen molar-refractivity contribution in [1.29, 1.82) is 0 Å². The van der Waals surface area contributed by atoms with Crippen molar-refractivity contribution in [3.63, 3.8) is 0 Å². The summed E-state index contributed by atoms with van der Waals surface area (Å²) in [4.78, 5) is 12.8. The quantitative estimate of drug-likeness (QED) is 0.788. The highest BCUT2D eigenvalue weighted by Crippen LogP contribution is 2.31. The van der Waals surface area contributed by atoms with Gasteiger partial charge in [0.25, 0.3) is 5.91 Å². The number of carbonyl (C=O) groups excluding carboxylic acids is 1. The molecular weight excluding hydrogens is 334 g/mol. The van der Waals surface area contributed by atoms with Gasteiger partial charge in [0.1, 0.15) is 5.82 Å². The van der Waals surface area contributed by atoms with Crippen LogP contribution in [0.25, 0.3) is 5.69 Å². The molecule has 0 aliphatic carbocycles. The lowest BCUT2D eigenvalue weighted by molar-refractivity contribution is 0.102. The highest BCUT2D eigenvalue weighted by atomic mass is 32.2. The maximum Gasteiger partial charge on any atom is 0.257 e. The van der Waals surface area contributed by atoms with Crippen molar-refractivity contribution in [3.8, 4) is 5.69 Å². The van der Waals surface area contributed by atoms with Gasteiger partial charge in [-0.1, -0.05) is 36.4 Å². The zero-order valence-electron chi connectivity index (χ0n) is 13.7. The number of aromatic nitrogens is 2. The van der Waals surface area contributed by atoms with Gasteiger partial charge in [-0.05, 0) is 30.7 Å². The highest BCUT2D eigenvalue weighted by Gasteiger charge is 2.28. The molecule has 1 aliphatic rings. The van der Waals surface area contributed by atoms with Crippen LogP contribution in [0.2, 0.25) is 0 Å². The topological polar surface area (TPSA) is 64.0 Å². The first kappa shape index (κ1) is 15.8. The van der Waals surface area contributed by atoms with Crippen molar-refractivity contribution >= 4 is 22.5 Å². The second-order valence-electron chi connectivity index (χ2n) is 6.02. The maximum atomic E-state index is 12.8. The largest absolute Gasteiger partial charge is 0.306 e. The van der Waals surface area contributed by atoms with Crippen LogP contribution in [0.5, 0.6) is 0 Å². The summed E-state index contributed by atoms with van der Waals surface area (Å²) in [5, 5.41) is 7.58. The SMILES string of the molecule is Cc1ccccc1C(=O)Nc1c2c(nn1-c1ccccc1)C[S@](=O)C2. The molecule has 1 aliphatic heterocycles. The molecule has 0 bridgehead atoms. The van der Waals surface area contributed by atoms with Gasteiger partial charge in [-0.25, -0.2) is 4.68 Å². The number of fused-ring (bicyclic) bond motifs is 1. The molecule has 3 aromatic rings. The number of anilines is 1. The number of nitrogens with zero attached hydrogens (tertiary/aromatic N) is 2. The first-order valence-electron chi connectivity index (χ1n) is 8.01. The number of rotatable bonds is 3. The van der Waals surface area contributed by atoms with E-state index < -0.39 is 10.8 Å². The number of para-hydroxylation sites is 1. The Morgan fingerprint density at radius 1 is 1.08 bits per heavy atom. The van der Waals surface area contributed by atoms with Gasteiger partial charge < -0.3 is 5.32 Å². The number of benzene rings is 2. The van der Waals surface area contributed by atoms with E-state index in [4.69, 9.17) is 0 Å². The van der Waals surface area contributed by atoms with Crippen molar-refractivity contribution in [2.45, 2.75) is 18.4 Å². The molecule has 1 aromatic heterocycles. The minimum absolute atomic E-state index is 0.185. The third-order valence-corrected chi connectivity index (χ3v) is 5.50. The van der Waals surface area contributed by atoms with E-state index in [1.165, 1.54) is 0 Å². The molecule has 1 amide bonds. The molecular formula is C19H17N3O2S. The fourth-order valence-electron chi connectivity index (χ4n) is 3.01. The van der Waals surface area contributed by atoms with Crippen LogP contribution < -0.4 is 5.32 Å². The Hall–Kier alpha value is -2.73. The Kier molecular flexibility index (Phi) is 3.97. The van der Waals surface area contributed by atoms with Crippen LogP contribution in [0.1, 0.15) is 27.2 Å². The summed E-state index contributed by atoms with van der Waals surface area (Å²) in [6, 6.07) is 17.1. The standard InChI is InChI=1S/C19H17N3O2S/c1-13-7-5-6-10-15(13)19(23)20-18-16-11-25(24)12-17(16)21-22(18)14-8-3-2-4-9-14/h2-10H,11-12H2,1H3,(H,20,23)/t25-/m1/s1. The van der Waals surface area contributed by atoms with E-state index >= 15 is 0 Å². The average molecular weight is 351 g/mol. The van der Waals surface area contributed by atoms with E-state index in [9.17, 15) is 9.00 Å². The summed E-state index contributed by atoms with van der Waals surface area (Å²) in [7, 11) is -0.954. The molecule has 0 spiro atoms. The molecule has 126 valence electrons. The number of hydrogen-bond acceptors (Lipinski definition) is 3. The van der Waals surface area contributed by atoms with Crippen LogP contribution in [-0.2, 0) is 22.3 Å². The number of amides is 1. The number of carbonyl (C=O) groups is 1. The van der Waals surface area contributed by atoms with Crippen LogP contribution in [0.15, 0.2) is 54.6 Å². The first-order valence-corrected chi connectivity index (χ1v) is 9.50. The van der Waals surface area contributed by atoms with Gasteiger partial charge in [0, 0.05) is 21.9 Å². The second kappa shape index (κ2) is 6.29. The minimum atomic E-state index is -0.954. The molecule has 6 heteroatoms. The molecule has 2 heterocycles. The second-order valence-corrected chi connectivity index (χ2v) is 7.48. The van der Waals surface area contributed by atoms with Gasteiger partial charge in [-0.15, -0.1) is 0 Å². The fraction of sp³-hybridized carbons (Fsp3) is 0.158. The number of aryl methyl sites for hydroxylation is 1. The molecule has 0 unspecified atom stereocenters. The van der Waals surface area contributed by atoms with E-state index in [1.54, 1.807) is 10.7 Å². The Bertz CT molecular complexity index is 980. The zero-order chi connectivity index (χ0) is 17.4. The monoisotopic (exact) mass is 351 g/mol. The van der Waals surface area contributed by atoms with Gasteiger partial charge in [0.05, 0.1) is 22.9 Å². The van der Waals surface area contributed by atoms with E-state index in [0.717, 1.165) is 22.5 Å². The number of nitrogens with one attached hydrogen (secondary N) is 1. The van der Waals surface area contributed by atoms with E-state index in [-0.39, 0.29) is 5.91 Å². The molecule has 0 saturated carbocycles. The first-order chi connectivity index (χ1) is 12.1. The Morgan fingerprint density at radius 3 is 2.56 bits per heavy atom. The molecule has 1 N–H and O–H groups in total. The van der Waals surface area contributed by atoms with Crippen molar-refractivity contribution < 1.29 is 9.00 Å². The van der Waals surface area contributed by atoms with Crippen molar-refractivity contribution in [3.05, 3.63) is 77.0 Å². The van der Waals surface area contributed by atoms with E-state index in [2.05, 4.69) is 10.4 Å². The van der Waals surface area contributed by atoms with E-state index in [1.807, 2.05) is 55.5 Å². The third kappa shape index (κ3) is 2.89. The van der Waals surface area contributed by atoms with Crippen LogP contribution in [0.4, 0.5) is 5.82 Å². The third-order valence-electron chi connectivity index (χ3n) is 4.29. The zero-order valence-corrected chi connectivity index (χ0v) is 14.5. The van der Waals surface area contributed by atoms with Crippen LogP contribution in [0, 0.1) is 6.92 Å². The van der Waals surface area contributed by atoms with Crippen molar-refractivity contribution in [2.24, 2.45) is 0 Å². The van der Waals surface area contributed by atoms with Gasteiger partial charge in [-0.2, -0.15) is 5.10 Å². The molecule has 5 nitrogen and oxygen atoms in total.